The Morgan fingerprint density at radius 2 is 1.65 bits per heavy atom. The number of nitrogens with zero attached hydrogens (tertiary/aromatic N) is 2. The highest BCUT2D eigenvalue weighted by Crippen LogP contribution is 2.18. The molecule has 0 aromatic heterocycles. The van der Waals surface area contributed by atoms with Crippen molar-refractivity contribution in [2.75, 3.05) is 38.5 Å². The van der Waals surface area contributed by atoms with Crippen LogP contribution in [0.2, 0.25) is 0 Å². The van der Waals surface area contributed by atoms with E-state index in [0.717, 1.165) is 5.56 Å². The van der Waals surface area contributed by atoms with E-state index in [1.54, 1.807) is 6.07 Å². The second kappa shape index (κ2) is 5.97. The Labute approximate surface area is 115 Å². The maximum absolute atomic E-state index is 13.3. The zero-order valence-electron chi connectivity index (χ0n) is 11.0. The third kappa shape index (κ3) is 4.35. The zero-order chi connectivity index (χ0) is 14.8. The number of alkyl halides is 3. The Bertz CT molecular complexity index is 453. The fraction of sp³-hybridized carbons (Fsp3) is 0.538. The number of halogens is 4. The van der Waals surface area contributed by atoms with Gasteiger partial charge in [0.15, 0.2) is 0 Å². The van der Waals surface area contributed by atoms with Gasteiger partial charge in [0, 0.05) is 32.7 Å². The molecule has 0 saturated carbocycles. The predicted octanol–water partition coefficient (Wildman–Crippen LogP) is 2.09. The lowest BCUT2D eigenvalue weighted by molar-refractivity contribution is -0.149. The molecule has 1 aromatic rings. The molecule has 2 N–H and O–H groups in total. The van der Waals surface area contributed by atoms with Gasteiger partial charge in [-0.25, -0.2) is 4.39 Å². The Morgan fingerprint density at radius 1 is 1.05 bits per heavy atom. The van der Waals surface area contributed by atoms with Crippen molar-refractivity contribution in [2.45, 2.75) is 12.7 Å². The second-order valence-corrected chi connectivity index (χ2v) is 5.02. The molecule has 7 heteroatoms. The number of nitrogens with two attached hydrogens (primary N) is 1. The van der Waals surface area contributed by atoms with Crippen molar-refractivity contribution >= 4 is 5.69 Å². The minimum atomic E-state index is -4.15. The number of nitrogen functional groups attached to an aromatic ring is 1. The highest BCUT2D eigenvalue weighted by atomic mass is 19.4. The topological polar surface area (TPSA) is 32.5 Å². The molecule has 112 valence electrons. The van der Waals surface area contributed by atoms with Crippen molar-refractivity contribution in [1.82, 2.24) is 9.80 Å². The molecule has 0 bridgehead atoms. The summed E-state index contributed by atoms with van der Waals surface area (Å²) in [7, 11) is 0. The average molecular weight is 291 g/mol. The van der Waals surface area contributed by atoms with E-state index in [1.807, 2.05) is 4.90 Å². The van der Waals surface area contributed by atoms with E-state index < -0.39 is 18.5 Å². The second-order valence-electron chi connectivity index (χ2n) is 5.02. The Morgan fingerprint density at radius 3 is 2.20 bits per heavy atom. The molecular weight excluding hydrogens is 274 g/mol. The fourth-order valence-corrected chi connectivity index (χ4v) is 2.29. The van der Waals surface area contributed by atoms with Crippen molar-refractivity contribution in [3.05, 3.63) is 29.6 Å². The molecule has 1 aliphatic rings. The number of anilines is 1. The van der Waals surface area contributed by atoms with Crippen LogP contribution >= 0.6 is 0 Å². The van der Waals surface area contributed by atoms with Gasteiger partial charge in [0.25, 0.3) is 0 Å². The standard InChI is InChI=1S/C13H17F4N3/c14-11-7-10(1-2-12(11)18)8-19-3-5-20(6-4-19)9-13(15,16)17/h1-2,7H,3-6,8-9,18H2. The summed E-state index contributed by atoms with van der Waals surface area (Å²) in [6.45, 7) is 1.49. The zero-order valence-corrected chi connectivity index (χ0v) is 11.0. The van der Waals surface area contributed by atoms with Crippen LogP contribution in [0.25, 0.3) is 0 Å². The van der Waals surface area contributed by atoms with Crippen LogP contribution in [0.5, 0.6) is 0 Å². The van der Waals surface area contributed by atoms with Gasteiger partial charge in [0.05, 0.1) is 12.2 Å². The largest absolute Gasteiger partial charge is 0.401 e. The summed E-state index contributed by atoms with van der Waals surface area (Å²) in [5.41, 5.74) is 6.28. The molecule has 0 aliphatic carbocycles. The smallest absolute Gasteiger partial charge is 0.396 e. The molecule has 1 aromatic carbocycles. The lowest BCUT2D eigenvalue weighted by atomic mass is 10.1. The maximum atomic E-state index is 13.3. The number of rotatable bonds is 3. The Kier molecular flexibility index (Phi) is 4.49. The normalized spacial score (nSPS) is 18.4. The SMILES string of the molecule is Nc1ccc(CN2CCN(CC(F)(F)F)CC2)cc1F. The minimum absolute atomic E-state index is 0.101. The van der Waals surface area contributed by atoms with Gasteiger partial charge in [0.1, 0.15) is 5.82 Å². The summed E-state index contributed by atoms with van der Waals surface area (Å²) in [6.07, 6.45) is -4.15. The van der Waals surface area contributed by atoms with Crippen molar-refractivity contribution in [2.24, 2.45) is 0 Å². The number of piperazine rings is 1. The maximum Gasteiger partial charge on any atom is 0.401 e. The quantitative estimate of drug-likeness (QED) is 0.683. The van der Waals surface area contributed by atoms with Crippen molar-refractivity contribution < 1.29 is 17.6 Å². The van der Waals surface area contributed by atoms with E-state index >= 15 is 0 Å². The van der Waals surface area contributed by atoms with Gasteiger partial charge in [-0.3, -0.25) is 9.80 Å². The molecule has 20 heavy (non-hydrogen) atoms. The average Bonchev–Trinajstić information content (AvgIpc) is 2.35. The van der Waals surface area contributed by atoms with Gasteiger partial charge in [-0.15, -0.1) is 0 Å². The van der Waals surface area contributed by atoms with Gasteiger partial charge in [-0.2, -0.15) is 13.2 Å². The third-order valence-corrected chi connectivity index (χ3v) is 3.34. The van der Waals surface area contributed by atoms with Crippen LogP contribution < -0.4 is 5.73 Å². The molecule has 0 spiro atoms. The molecule has 1 saturated heterocycles. The summed E-state index contributed by atoms with van der Waals surface area (Å²) in [5.74, 6) is -0.460. The van der Waals surface area contributed by atoms with Gasteiger partial charge in [-0.05, 0) is 17.7 Å². The van der Waals surface area contributed by atoms with E-state index in [4.69, 9.17) is 5.73 Å². The number of hydrogen-bond donors (Lipinski definition) is 1. The lowest BCUT2D eigenvalue weighted by Gasteiger charge is -2.35. The van der Waals surface area contributed by atoms with E-state index in [1.165, 1.54) is 17.0 Å². The first kappa shape index (κ1) is 15.1. The summed E-state index contributed by atoms with van der Waals surface area (Å²) in [6, 6.07) is 4.61. The van der Waals surface area contributed by atoms with Crippen LogP contribution in [0.3, 0.4) is 0 Å². The van der Waals surface area contributed by atoms with Crippen LogP contribution in [-0.4, -0.2) is 48.7 Å². The van der Waals surface area contributed by atoms with Crippen molar-refractivity contribution in [1.29, 1.82) is 0 Å². The molecule has 1 fully saturated rings. The molecular formula is C13H17F4N3. The predicted molar refractivity (Wildman–Crippen MR) is 68.6 cm³/mol. The number of benzene rings is 1. The van der Waals surface area contributed by atoms with Crippen LogP contribution in [0.15, 0.2) is 18.2 Å². The first-order chi connectivity index (χ1) is 9.33. The lowest BCUT2D eigenvalue weighted by Crippen LogP contribution is -2.48. The summed E-state index contributed by atoms with van der Waals surface area (Å²) in [5, 5.41) is 0. The molecule has 2 rings (SSSR count). The van der Waals surface area contributed by atoms with E-state index in [-0.39, 0.29) is 5.69 Å². The monoisotopic (exact) mass is 291 g/mol. The third-order valence-electron chi connectivity index (χ3n) is 3.34. The fourth-order valence-electron chi connectivity index (χ4n) is 2.29. The van der Waals surface area contributed by atoms with Gasteiger partial charge >= 0.3 is 6.18 Å². The Hall–Kier alpha value is -1.34. The minimum Gasteiger partial charge on any atom is -0.396 e. The summed E-state index contributed by atoms with van der Waals surface area (Å²) in [4.78, 5) is 3.40. The first-order valence-electron chi connectivity index (χ1n) is 6.39. The molecule has 0 radical (unpaired) electrons. The van der Waals surface area contributed by atoms with Gasteiger partial charge < -0.3 is 5.73 Å². The van der Waals surface area contributed by atoms with Crippen LogP contribution in [0.1, 0.15) is 5.56 Å². The van der Waals surface area contributed by atoms with E-state index in [0.29, 0.717) is 32.7 Å². The van der Waals surface area contributed by atoms with Crippen molar-refractivity contribution in [3.63, 3.8) is 0 Å². The molecule has 0 atom stereocenters. The van der Waals surface area contributed by atoms with Crippen molar-refractivity contribution in [3.8, 4) is 0 Å². The first-order valence-corrected chi connectivity index (χ1v) is 6.39. The highest BCUT2D eigenvalue weighted by molar-refractivity contribution is 5.41. The van der Waals surface area contributed by atoms with Gasteiger partial charge in [-0.1, -0.05) is 6.07 Å². The molecule has 0 amide bonds. The summed E-state index contributed by atoms with van der Waals surface area (Å²) >= 11 is 0. The highest BCUT2D eigenvalue weighted by Gasteiger charge is 2.32. The van der Waals surface area contributed by atoms with E-state index in [2.05, 4.69) is 0 Å². The van der Waals surface area contributed by atoms with Gasteiger partial charge in [0.2, 0.25) is 0 Å². The molecule has 3 nitrogen and oxygen atoms in total. The summed E-state index contributed by atoms with van der Waals surface area (Å²) < 4.78 is 50.1. The molecule has 1 heterocycles. The van der Waals surface area contributed by atoms with Crippen LogP contribution in [0.4, 0.5) is 23.2 Å². The van der Waals surface area contributed by atoms with Crippen LogP contribution in [0, 0.1) is 5.82 Å². The Balaban J connectivity index is 1.83. The molecule has 1 aliphatic heterocycles. The molecule has 0 unspecified atom stereocenters. The van der Waals surface area contributed by atoms with E-state index in [9.17, 15) is 17.6 Å². The van der Waals surface area contributed by atoms with Crippen LogP contribution in [-0.2, 0) is 6.54 Å². The number of hydrogen-bond acceptors (Lipinski definition) is 3.